The van der Waals surface area contributed by atoms with Crippen molar-refractivity contribution in [2.45, 2.75) is 32.8 Å². The Labute approximate surface area is 150 Å². The minimum Gasteiger partial charge on any atom is -0.374 e. The number of pyridine rings is 1. The van der Waals surface area contributed by atoms with Crippen molar-refractivity contribution in [2.75, 3.05) is 50.8 Å². The molecule has 0 aromatic carbocycles. The van der Waals surface area contributed by atoms with E-state index in [0.717, 1.165) is 45.1 Å². The van der Waals surface area contributed by atoms with Crippen LogP contribution < -0.4 is 10.2 Å². The molecule has 138 valence electrons. The molecule has 2 fully saturated rings. The molecule has 1 unspecified atom stereocenters. The summed E-state index contributed by atoms with van der Waals surface area (Å²) in [7, 11) is 0. The van der Waals surface area contributed by atoms with Crippen LogP contribution in [0.25, 0.3) is 0 Å². The summed E-state index contributed by atoms with van der Waals surface area (Å²) in [6.07, 6.45) is 4.18. The zero-order valence-corrected chi connectivity index (χ0v) is 15.4. The molecule has 3 heterocycles. The van der Waals surface area contributed by atoms with Crippen LogP contribution in [-0.2, 0) is 4.74 Å². The zero-order chi connectivity index (χ0) is 17.6. The van der Waals surface area contributed by atoms with Gasteiger partial charge in [-0.25, -0.2) is 4.98 Å². The van der Waals surface area contributed by atoms with Gasteiger partial charge in [-0.15, -0.1) is 0 Å². The lowest BCUT2D eigenvalue weighted by atomic mass is 10.1. The van der Waals surface area contributed by atoms with E-state index in [1.54, 1.807) is 6.20 Å². The number of carbonyl (C=O) groups is 1. The minimum atomic E-state index is -0.0787. The van der Waals surface area contributed by atoms with Crippen LogP contribution in [0, 0.1) is 5.92 Å². The van der Waals surface area contributed by atoms with Crippen molar-refractivity contribution in [3.8, 4) is 0 Å². The molecular weight excluding hydrogens is 316 g/mol. The highest BCUT2D eigenvalue weighted by molar-refractivity contribution is 5.94. The van der Waals surface area contributed by atoms with Gasteiger partial charge in [0.25, 0.3) is 5.91 Å². The van der Waals surface area contributed by atoms with E-state index in [1.807, 2.05) is 12.1 Å². The van der Waals surface area contributed by atoms with Gasteiger partial charge in [0.15, 0.2) is 0 Å². The monoisotopic (exact) mass is 346 g/mol. The first kappa shape index (κ1) is 18.1. The van der Waals surface area contributed by atoms with Crippen LogP contribution in [0.5, 0.6) is 0 Å². The van der Waals surface area contributed by atoms with Gasteiger partial charge >= 0.3 is 0 Å². The van der Waals surface area contributed by atoms with Crippen LogP contribution in [0.15, 0.2) is 18.3 Å². The number of nitrogens with one attached hydrogen (secondary N) is 1. The second kappa shape index (κ2) is 8.63. The molecule has 0 spiro atoms. The van der Waals surface area contributed by atoms with Crippen LogP contribution in [0.4, 0.5) is 5.82 Å². The highest BCUT2D eigenvalue weighted by Crippen LogP contribution is 2.17. The normalized spacial score (nSPS) is 21.7. The Bertz CT molecular complexity index is 555. The molecule has 1 atom stereocenters. The highest BCUT2D eigenvalue weighted by Gasteiger charge is 2.22. The standard InChI is InChI=1S/C19H30N4O2/c1-15(2)13-22-9-10-25-17(14-22)12-21-19(24)16-5-6-18(20-11-16)23-7-3-4-8-23/h5-6,11,15,17H,3-4,7-10,12-14H2,1-2H3,(H,21,24). The summed E-state index contributed by atoms with van der Waals surface area (Å²) in [5, 5.41) is 2.99. The Hall–Kier alpha value is -1.66. The molecule has 25 heavy (non-hydrogen) atoms. The molecule has 6 nitrogen and oxygen atoms in total. The van der Waals surface area contributed by atoms with Crippen molar-refractivity contribution < 1.29 is 9.53 Å². The van der Waals surface area contributed by atoms with E-state index in [-0.39, 0.29) is 12.0 Å². The number of hydrogen-bond donors (Lipinski definition) is 1. The molecule has 2 aliphatic rings. The smallest absolute Gasteiger partial charge is 0.252 e. The van der Waals surface area contributed by atoms with Crippen LogP contribution in [0.2, 0.25) is 0 Å². The second-order valence-corrected chi connectivity index (χ2v) is 7.46. The minimum absolute atomic E-state index is 0.0632. The number of ether oxygens (including phenoxy) is 1. The van der Waals surface area contributed by atoms with Gasteiger partial charge in [-0.1, -0.05) is 13.8 Å². The zero-order valence-electron chi connectivity index (χ0n) is 15.4. The summed E-state index contributed by atoms with van der Waals surface area (Å²) >= 11 is 0. The molecule has 1 aromatic rings. The van der Waals surface area contributed by atoms with Crippen molar-refractivity contribution in [2.24, 2.45) is 5.92 Å². The largest absolute Gasteiger partial charge is 0.374 e. The number of rotatable bonds is 6. The first-order valence-electron chi connectivity index (χ1n) is 9.45. The summed E-state index contributed by atoms with van der Waals surface area (Å²) in [4.78, 5) is 21.5. The number of anilines is 1. The van der Waals surface area contributed by atoms with Crippen molar-refractivity contribution in [1.29, 1.82) is 0 Å². The predicted molar refractivity (Wildman–Crippen MR) is 99.0 cm³/mol. The molecular formula is C19H30N4O2. The van der Waals surface area contributed by atoms with E-state index in [0.29, 0.717) is 18.0 Å². The topological polar surface area (TPSA) is 57.7 Å². The fraction of sp³-hybridized carbons (Fsp3) is 0.684. The van der Waals surface area contributed by atoms with E-state index < -0.39 is 0 Å². The second-order valence-electron chi connectivity index (χ2n) is 7.46. The Morgan fingerprint density at radius 3 is 2.80 bits per heavy atom. The van der Waals surface area contributed by atoms with Crippen LogP contribution in [-0.4, -0.2) is 67.8 Å². The summed E-state index contributed by atoms with van der Waals surface area (Å²) in [5.41, 5.74) is 0.609. The molecule has 1 amide bonds. The average Bonchev–Trinajstić information content (AvgIpc) is 3.14. The lowest BCUT2D eigenvalue weighted by Gasteiger charge is -2.33. The number of hydrogen-bond acceptors (Lipinski definition) is 5. The molecule has 0 aliphatic carbocycles. The number of amides is 1. The van der Waals surface area contributed by atoms with Gasteiger partial charge in [-0.3, -0.25) is 9.69 Å². The highest BCUT2D eigenvalue weighted by atomic mass is 16.5. The van der Waals surface area contributed by atoms with E-state index in [2.05, 4.69) is 33.9 Å². The maximum Gasteiger partial charge on any atom is 0.252 e. The molecule has 0 bridgehead atoms. The number of carbonyl (C=O) groups excluding carboxylic acids is 1. The van der Waals surface area contributed by atoms with E-state index in [9.17, 15) is 4.79 Å². The van der Waals surface area contributed by atoms with E-state index >= 15 is 0 Å². The van der Waals surface area contributed by atoms with Gasteiger partial charge in [0, 0.05) is 45.5 Å². The van der Waals surface area contributed by atoms with Gasteiger partial charge in [-0.2, -0.15) is 0 Å². The van der Waals surface area contributed by atoms with Gasteiger partial charge < -0.3 is 15.0 Å². The molecule has 2 saturated heterocycles. The number of aromatic nitrogens is 1. The van der Waals surface area contributed by atoms with E-state index in [4.69, 9.17) is 4.74 Å². The van der Waals surface area contributed by atoms with Gasteiger partial charge in [0.2, 0.25) is 0 Å². The van der Waals surface area contributed by atoms with Crippen molar-refractivity contribution in [3.05, 3.63) is 23.9 Å². The molecule has 1 aromatic heterocycles. The third kappa shape index (κ3) is 5.16. The fourth-order valence-corrected chi connectivity index (χ4v) is 3.55. The summed E-state index contributed by atoms with van der Waals surface area (Å²) < 4.78 is 5.78. The number of nitrogens with zero attached hydrogens (tertiary/aromatic N) is 3. The van der Waals surface area contributed by atoms with Gasteiger partial charge in [-0.05, 0) is 30.9 Å². The molecule has 6 heteroatoms. The van der Waals surface area contributed by atoms with Crippen molar-refractivity contribution >= 4 is 11.7 Å². The maximum atomic E-state index is 12.3. The third-order valence-electron chi connectivity index (χ3n) is 4.78. The first-order valence-corrected chi connectivity index (χ1v) is 9.45. The Kier molecular flexibility index (Phi) is 6.26. The third-order valence-corrected chi connectivity index (χ3v) is 4.78. The quantitative estimate of drug-likeness (QED) is 0.851. The van der Waals surface area contributed by atoms with Crippen LogP contribution in [0.1, 0.15) is 37.0 Å². The first-order chi connectivity index (χ1) is 12.1. The average molecular weight is 346 g/mol. The summed E-state index contributed by atoms with van der Waals surface area (Å²) in [6, 6.07) is 3.81. The van der Waals surface area contributed by atoms with Gasteiger partial charge in [0.05, 0.1) is 18.3 Å². The number of morpholine rings is 1. The molecule has 0 saturated carbocycles. The Balaban J connectivity index is 1.47. The molecule has 0 radical (unpaired) electrons. The predicted octanol–water partition coefficient (Wildman–Crippen LogP) is 1.77. The SMILES string of the molecule is CC(C)CN1CCOC(CNC(=O)c2ccc(N3CCCC3)nc2)C1. The lowest BCUT2D eigenvalue weighted by molar-refractivity contribution is -0.0295. The van der Waals surface area contributed by atoms with Crippen molar-refractivity contribution in [3.63, 3.8) is 0 Å². The van der Waals surface area contributed by atoms with Crippen molar-refractivity contribution in [1.82, 2.24) is 15.2 Å². The summed E-state index contributed by atoms with van der Waals surface area (Å²) in [6.45, 7) is 10.8. The van der Waals surface area contributed by atoms with E-state index in [1.165, 1.54) is 12.8 Å². The van der Waals surface area contributed by atoms with Gasteiger partial charge in [0.1, 0.15) is 5.82 Å². The summed E-state index contributed by atoms with van der Waals surface area (Å²) in [5.74, 6) is 1.53. The Morgan fingerprint density at radius 1 is 1.32 bits per heavy atom. The molecule has 1 N–H and O–H groups in total. The lowest BCUT2D eigenvalue weighted by Crippen LogP contribution is -2.48. The fourth-order valence-electron chi connectivity index (χ4n) is 3.55. The molecule has 3 rings (SSSR count). The molecule has 2 aliphatic heterocycles. The Morgan fingerprint density at radius 2 is 2.12 bits per heavy atom. The maximum absolute atomic E-state index is 12.3. The van der Waals surface area contributed by atoms with Crippen LogP contribution in [0.3, 0.4) is 0 Å². The van der Waals surface area contributed by atoms with Crippen LogP contribution >= 0.6 is 0 Å².